The first-order valence-electron chi connectivity index (χ1n) is 11.4. The largest absolute Gasteiger partial charge is 0.492 e. The fourth-order valence-electron chi connectivity index (χ4n) is 4.46. The minimum atomic E-state index is -3.35. The lowest BCUT2D eigenvalue weighted by Crippen LogP contribution is -2.41. The molecule has 1 unspecified atom stereocenters. The topological polar surface area (TPSA) is 133 Å². The van der Waals surface area contributed by atoms with Gasteiger partial charge in [-0.2, -0.15) is 0 Å². The minimum Gasteiger partial charge on any atom is -0.492 e. The number of nitrogens with zero attached hydrogens (tertiary/aromatic N) is 3. The summed E-state index contributed by atoms with van der Waals surface area (Å²) in [5, 5.41) is 0. The zero-order chi connectivity index (χ0) is 24.4. The maximum Gasteiger partial charge on any atom is 0.253 e. The first kappa shape index (κ1) is 23.2. The van der Waals surface area contributed by atoms with Crippen LogP contribution in [0.25, 0.3) is 11.3 Å². The van der Waals surface area contributed by atoms with Crippen LogP contribution in [-0.4, -0.2) is 50.4 Å². The Morgan fingerprint density at radius 1 is 1.17 bits per heavy atom. The molecule has 1 saturated heterocycles. The quantitative estimate of drug-likeness (QED) is 0.414. The summed E-state index contributed by atoms with van der Waals surface area (Å²) in [5.74, 6) is 0.657. The van der Waals surface area contributed by atoms with Crippen molar-refractivity contribution >= 4 is 28.4 Å². The summed E-state index contributed by atoms with van der Waals surface area (Å²) in [4.78, 5) is 19.6. The van der Waals surface area contributed by atoms with Crippen LogP contribution < -0.4 is 15.2 Å². The number of nitrogens with one attached hydrogen (secondary N) is 1. The van der Waals surface area contributed by atoms with Crippen molar-refractivity contribution in [3.63, 3.8) is 0 Å². The van der Waals surface area contributed by atoms with E-state index in [9.17, 15) is 13.9 Å². The van der Waals surface area contributed by atoms with E-state index in [0.717, 1.165) is 24.1 Å². The van der Waals surface area contributed by atoms with Gasteiger partial charge in [0, 0.05) is 36.3 Å². The molecule has 0 bridgehead atoms. The van der Waals surface area contributed by atoms with Gasteiger partial charge >= 0.3 is 0 Å². The minimum absolute atomic E-state index is 0.0155. The van der Waals surface area contributed by atoms with Crippen LogP contribution in [0.2, 0.25) is 0 Å². The highest BCUT2D eigenvalue weighted by atomic mass is 32.3. The van der Waals surface area contributed by atoms with Crippen LogP contribution in [0.1, 0.15) is 28.8 Å². The maximum atomic E-state index is 13.3. The van der Waals surface area contributed by atoms with Gasteiger partial charge in [-0.1, -0.05) is 36.4 Å². The van der Waals surface area contributed by atoms with Gasteiger partial charge < -0.3 is 15.4 Å². The fourth-order valence-corrected chi connectivity index (χ4v) is 5.34. The molecular weight excluding hydrogens is 466 g/mol. The first-order chi connectivity index (χ1) is 16.9. The Balaban J connectivity index is 1.26. The van der Waals surface area contributed by atoms with Crippen molar-refractivity contribution in [3.05, 3.63) is 78.0 Å². The van der Waals surface area contributed by atoms with Crippen molar-refractivity contribution < 1.29 is 18.6 Å². The number of amidine groups is 1. The molecule has 1 amide bonds. The SMILES string of the molecule is NC1=NS(O)(O)Nc2cccc(OCC3CCCN(C(=O)c4ccnc(-c5ccccc5)c4)C3)c21. The number of rotatable bonds is 5. The lowest BCUT2D eigenvalue weighted by atomic mass is 9.98. The van der Waals surface area contributed by atoms with Gasteiger partial charge in [-0.15, -0.1) is 4.40 Å². The predicted molar refractivity (Wildman–Crippen MR) is 137 cm³/mol. The van der Waals surface area contributed by atoms with E-state index in [1.54, 1.807) is 30.5 Å². The predicted octanol–water partition coefficient (Wildman–Crippen LogP) is 4.39. The second kappa shape index (κ2) is 9.57. The number of fused-ring (bicyclic) bond motifs is 1. The lowest BCUT2D eigenvalue weighted by Gasteiger charge is -2.34. The molecule has 3 aromatic rings. The molecule has 182 valence electrons. The van der Waals surface area contributed by atoms with Crippen molar-refractivity contribution in [1.29, 1.82) is 0 Å². The maximum absolute atomic E-state index is 13.3. The van der Waals surface area contributed by atoms with E-state index in [-0.39, 0.29) is 17.7 Å². The van der Waals surface area contributed by atoms with Gasteiger partial charge in [-0.25, -0.2) is 0 Å². The number of pyridine rings is 1. The van der Waals surface area contributed by atoms with E-state index < -0.39 is 11.0 Å². The fraction of sp³-hybridized carbons (Fsp3) is 0.240. The third kappa shape index (κ3) is 5.09. The van der Waals surface area contributed by atoms with E-state index in [1.165, 1.54) is 0 Å². The van der Waals surface area contributed by atoms with Crippen molar-refractivity contribution in [2.45, 2.75) is 12.8 Å². The van der Waals surface area contributed by atoms with Gasteiger partial charge in [0.15, 0.2) is 5.84 Å². The first-order valence-corrected chi connectivity index (χ1v) is 12.9. The number of nitrogens with two attached hydrogens (primary N) is 1. The van der Waals surface area contributed by atoms with E-state index >= 15 is 0 Å². The van der Waals surface area contributed by atoms with Gasteiger partial charge in [0.1, 0.15) is 5.75 Å². The number of piperidine rings is 1. The molecule has 5 rings (SSSR count). The smallest absolute Gasteiger partial charge is 0.253 e. The number of ether oxygens (including phenoxy) is 1. The highest BCUT2D eigenvalue weighted by Gasteiger charge is 2.28. The number of hydrogen-bond donors (Lipinski definition) is 4. The molecule has 1 aromatic heterocycles. The Hall–Kier alpha value is -3.60. The standard InChI is InChI=1S/C25H27N5O4S/c26-24-23-20(28-35(32,33)29-24)9-4-10-22(23)34-16-17-6-5-13-30(15-17)25(31)19-11-12-27-21(14-19)18-7-2-1-3-8-18/h1-4,7-12,14,17,28,32-33H,5-6,13,15-16H2,(H2,26,29). The molecule has 10 heteroatoms. The molecule has 1 fully saturated rings. The van der Waals surface area contributed by atoms with Crippen LogP contribution >= 0.6 is 11.0 Å². The summed E-state index contributed by atoms with van der Waals surface area (Å²) < 4.78 is 32.1. The molecule has 0 aliphatic carbocycles. The third-order valence-electron chi connectivity index (χ3n) is 6.11. The molecule has 5 N–H and O–H groups in total. The van der Waals surface area contributed by atoms with E-state index in [2.05, 4.69) is 14.1 Å². The molecular formula is C25H27N5O4S. The summed E-state index contributed by atoms with van der Waals surface area (Å²) in [6.07, 6.45) is 3.50. The molecule has 9 nitrogen and oxygen atoms in total. The van der Waals surface area contributed by atoms with E-state index in [4.69, 9.17) is 10.5 Å². The van der Waals surface area contributed by atoms with Gasteiger partial charge in [0.2, 0.25) is 0 Å². The number of anilines is 1. The number of hydrogen-bond acceptors (Lipinski definition) is 8. The zero-order valence-corrected chi connectivity index (χ0v) is 19.8. The van der Waals surface area contributed by atoms with Crippen molar-refractivity contribution in [3.8, 4) is 17.0 Å². The molecule has 0 spiro atoms. The second-order valence-electron chi connectivity index (χ2n) is 8.64. The number of benzene rings is 2. The molecule has 0 radical (unpaired) electrons. The summed E-state index contributed by atoms with van der Waals surface area (Å²) in [5.41, 5.74) is 9.31. The number of likely N-dealkylation sites (tertiary alicyclic amines) is 1. The Labute approximate surface area is 205 Å². The van der Waals surface area contributed by atoms with Crippen LogP contribution in [0, 0.1) is 5.92 Å². The lowest BCUT2D eigenvalue weighted by molar-refractivity contribution is 0.0633. The number of carbonyl (C=O) groups excluding carboxylic acids is 1. The number of amides is 1. The van der Waals surface area contributed by atoms with Crippen LogP contribution in [0.4, 0.5) is 5.69 Å². The summed E-state index contributed by atoms with van der Waals surface area (Å²) in [7, 11) is -3.35. The van der Waals surface area contributed by atoms with Crippen molar-refractivity contribution in [2.75, 3.05) is 24.4 Å². The van der Waals surface area contributed by atoms with Crippen LogP contribution in [0.3, 0.4) is 0 Å². The Morgan fingerprint density at radius 2 is 2.00 bits per heavy atom. The average molecular weight is 494 g/mol. The Morgan fingerprint density at radius 3 is 2.83 bits per heavy atom. The molecule has 3 heterocycles. The Bertz CT molecular complexity index is 1270. The highest BCUT2D eigenvalue weighted by molar-refractivity contribution is 8.24. The van der Waals surface area contributed by atoms with Crippen LogP contribution in [0.15, 0.2) is 71.3 Å². The summed E-state index contributed by atoms with van der Waals surface area (Å²) in [6.45, 7) is 1.68. The van der Waals surface area contributed by atoms with Crippen molar-refractivity contribution in [1.82, 2.24) is 9.88 Å². The van der Waals surface area contributed by atoms with Crippen LogP contribution in [0.5, 0.6) is 5.75 Å². The number of carbonyl (C=O) groups is 1. The van der Waals surface area contributed by atoms with Gasteiger partial charge in [0.05, 0.1) is 23.6 Å². The highest BCUT2D eigenvalue weighted by Crippen LogP contribution is 2.46. The molecule has 35 heavy (non-hydrogen) atoms. The zero-order valence-electron chi connectivity index (χ0n) is 19.0. The summed E-state index contributed by atoms with van der Waals surface area (Å²) >= 11 is 0. The summed E-state index contributed by atoms with van der Waals surface area (Å²) in [6, 6.07) is 18.6. The average Bonchev–Trinajstić information content (AvgIpc) is 2.87. The second-order valence-corrected chi connectivity index (χ2v) is 10.1. The third-order valence-corrected chi connectivity index (χ3v) is 7.06. The monoisotopic (exact) mass is 493 g/mol. The van der Waals surface area contributed by atoms with Crippen molar-refractivity contribution in [2.24, 2.45) is 16.0 Å². The van der Waals surface area contributed by atoms with Gasteiger partial charge in [-0.05, 0) is 48.1 Å². The van der Waals surface area contributed by atoms with Crippen LogP contribution in [-0.2, 0) is 0 Å². The Kier molecular flexibility index (Phi) is 6.33. The molecule has 2 aliphatic heterocycles. The van der Waals surface area contributed by atoms with E-state index in [1.807, 2.05) is 41.3 Å². The van der Waals surface area contributed by atoms with E-state index in [0.29, 0.717) is 42.3 Å². The normalized spacial score (nSPS) is 19.7. The van der Waals surface area contributed by atoms with Gasteiger partial charge in [0.25, 0.3) is 5.91 Å². The molecule has 2 aromatic carbocycles. The molecule has 0 saturated carbocycles. The number of aromatic nitrogens is 1. The van der Waals surface area contributed by atoms with Gasteiger partial charge in [-0.3, -0.25) is 23.6 Å². The molecule has 1 atom stereocenters. The molecule has 2 aliphatic rings.